The van der Waals surface area contributed by atoms with Crippen LogP contribution in [0.2, 0.25) is 0 Å². The number of aliphatic hydroxyl groups is 5. The number of aliphatic imine (C=N–C) groups is 1. The molecular weight excluding hydrogens is 1020 g/mol. The number of ketones is 1. The Labute approximate surface area is 477 Å². The van der Waals surface area contributed by atoms with Crippen LogP contribution < -0.4 is 27.8 Å². The number of nitrogens with zero attached hydrogens (tertiary/aromatic N) is 1. The summed E-state index contributed by atoms with van der Waals surface area (Å²) in [6.07, 6.45) is 8.22. The fourth-order valence-corrected chi connectivity index (χ4v) is 14.7. The van der Waals surface area contributed by atoms with Crippen LogP contribution >= 0.6 is 0 Å². The van der Waals surface area contributed by atoms with Gasteiger partial charge in [-0.25, -0.2) is 0 Å². The Kier molecular flexibility index (Phi) is 18.7. The molecule has 3 aromatic rings. The van der Waals surface area contributed by atoms with Gasteiger partial charge in [0.05, 0.1) is 36.1 Å². The molecule has 15 heteroatoms. The summed E-state index contributed by atoms with van der Waals surface area (Å²) in [6, 6.07) is 19.1. The Morgan fingerprint density at radius 1 is 0.963 bits per heavy atom. The normalized spacial score (nSPS) is 33.0. The second-order valence-corrected chi connectivity index (χ2v) is 24.1. The van der Waals surface area contributed by atoms with Crippen LogP contribution in [0.25, 0.3) is 0 Å². The zero-order chi connectivity index (χ0) is 57.8. The highest BCUT2D eigenvalue weighted by Gasteiger charge is 2.67. The maximum Gasteiger partial charge on any atom is 0.243 e. The Morgan fingerprint density at radius 2 is 1.72 bits per heavy atom. The van der Waals surface area contributed by atoms with Crippen molar-refractivity contribution in [2.75, 3.05) is 19.7 Å². The lowest BCUT2D eigenvalue weighted by Crippen LogP contribution is -2.59. The molecule has 14 unspecified atom stereocenters. The average molecular weight is 1110 g/mol. The van der Waals surface area contributed by atoms with Crippen molar-refractivity contribution in [3.8, 4) is 17.6 Å². The van der Waals surface area contributed by atoms with Crippen LogP contribution in [-0.2, 0) is 33.6 Å². The van der Waals surface area contributed by atoms with E-state index in [1.165, 1.54) is 0 Å². The van der Waals surface area contributed by atoms with Gasteiger partial charge in [-0.05, 0) is 165 Å². The van der Waals surface area contributed by atoms with Gasteiger partial charge in [0.15, 0.2) is 11.7 Å². The zero-order valence-electron chi connectivity index (χ0n) is 47.2. The molecule has 432 valence electrons. The number of rotatable bonds is 4. The summed E-state index contributed by atoms with van der Waals surface area (Å²) < 4.78 is 6.64. The molecule has 1 spiro atoms. The summed E-state index contributed by atoms with van der Waals surface area (Å²) in [7, 11) is 0. The lowest BCUT2D eigenvalue weighted by molar-refractivity contribution is -0.169. The number of aromatic hydroxyl groups is 1. The number of carbonyl (C=O) groups excluding carboxylic acids is 2. The number of fused-ring (bicyclic) bond motifs is 7. The summed E-state index contributed by atoms with van der Waals surface area (Å²) in [4.78, 5) is 34.0. The van der Waals surface area contributed by atoms with Crippen LogP contribution in [0.3, 0.4) is 0 Å². The number of ether oxygens (including phenoxy) is 1. The number of Topliss-reactive ketones (excluding diaryl/α,β-unsaturated/α-hetero) is 1. The first-order valence-corrected chi connectivity index (χ1v) is 29.1. The third-order valence-electron chi connectivity index (χ3n) is 19.0. The largest absolute Gasteiger partial charge is 0.508 e. The molecule has 1 amide bonds. The summed E-state index contributed by atoms with van der Waals surface area (Å²) in [5.74, 6) is 3.71. The average Bonchev–Trinajstić information content (AvgIpc) is 3.69. The number of benzene rings is 3. The van der Waals surface area contributed by atoms with Gasteiger partial charge in [-0.15, -0.1) is 0 Å². The number of guanidine groups is 1. The molecule has 9 rings (SSSR count). The van der Waals surface area contributed by atoms with Crippen molar-refractivity contribution in [2.24, 2.45) is 51.3 Å². The number of aliphatic hydroxyl groups excluding tert-OH is 4. The first kappa shape index (κ1) is 59.4. The first-order valence-electron chi connectivity index (χ1n) is 29.1. The molecule has 3 fully saturated rings. The van der Waals surface area contributed by atoms with Crippen molar-refractivity contribution in [1.82, 2.24) is 10.6 Å². The molecular formula is C66H84N6O9. The molecule has 15 nitrogen and oxygen atoms in total. The van der Waals surface area contributed by atoms with E-state index in [2.05, 4.69) is 34.0 Å². The fraction of sp³-hybridized carbons (Fsp3) is 0.500. The van der Waals surface area contributed by atoms with E-state index < -0.39 is 77.2 Å². The Morgan fingerprint density at radius 3 is 2.48 bits per heavy atom. The highest BCUT2D eigenvalue weighted by Crippen LogP contribution is 2.66. The summed E-state index contributed by atoms with van der Waals surface area (Å²) in [6.45, 7) is 10.1. The molecule has 0 aromatic heterocycles. The molecule has 0 saturated heterocycles. The smallest absolute Gasteiger partial charge is 0.243 e. The number of amides is 1. The van der Waals surface area contributed by atoms with Crippen molar-refractivity contribution < 1.29 is 45.0 Å². The van der Waals surface area contributed by atoms with Crippen LogP contribution in [0.1, 0.15) is 136 Å². The predicted molar refractivity (Wildman–Crippen MR) is 314 cm³/mol. The molecule has 3 saturated carbocycles. The van der Waals surface area contributed by atoms with Gasteiger partial charge in [-0.2, -0.15) is 0 Å². The number of carbonyl (C=O) groups is 2. The quantitative estimate of drug-likeness (QED) is 0.0588. The molecule has 14 atom stereocenters. The number of phenolic OH excluding ortho intramolecular Hbond substituents is 1. The standard InChI is InChI=1S/C66H84N6O9/c1-38-11-5-6-30-81-57-19-10-16-45-35-66(61(78)59(45)49(57)17-7-12-39(2)54(75)27-20-38)53-26-25-47(74)32-41-13-8-14-42(31-41)33-51(52(36-71-64(68)69)43-21-23-46(73)24-22-43)56(77)37-70-60-58-44(15-9-18-50(58)62(67)72-63(60)79)34-55(76)40(3)48(53)28-29-65(66,4)80/h7-9,12-15,17-18,20-24,31,45,47,51-54,56-57,59-62,70,73-75,77-78,80H,2,10-11,16,19,25-30,32-37,67H2,1,3-4H3,(H,72,79)(H4,68,69,71). The number of allylic oxidation sites excluding steroid dienone is 5. The lowest BCUT2D eigenvalue weighted by atomic mass is 9.52. The van der Waals surface area contributed by atoms with Crippen LogP contribution in [0.4, 0.5) is 0 Å². The van der Waals surface area contributed by atoms with Crippen LogP contribution in [-0.4, -0.2) is 104 Å². The van der Waals surface area contributed by atoms with Crippen molar-refractivity contribution in [3.05, 3.63) is 159 Å². The number of nitrogens with two attached hydrogens (primary N) is 3. The number of nitrogens with one attached hydrogen (secondary N) is 2. The first-order chi connectivity index (χ1) is 38.8. The molecule has 3 aliphatic heterocycles. The number of hydrogen-bond donors (Lipinski definition) is 11. The third kappa shape index (κ3) is 12.9. The maximum absolute atomic E-state index is 15.3. The molecule has 3 heterocycles. The molecule has 81 heavy (non-hydrogen) atoms. The topological polar surface area (TPSA) is 279 Å². The van der Waals surface area contributed by atoms with Crippen molar-refractivity contribution in [3.63, 3.8) is 0 Å². The van der Waals surface area contributed by atoms with E-state index in [9.17, 15) is 35.4 Å². The van der Waals surface area contributed by atoms with Gasteiger partial charge in [-0.1, -0.05) is 115 Å². The molecule has 3 aromatic carbocycles. The third-order valence-corrected chi connectivity index (χ3v) is 19.0. The van der Waals surface area contributed by atoms with Crippen molar-refractivity contribution >= 4 is 17.6 Å². The SMILES string of the molecule is C=C1C=CC=C2C(CCCC3CC4(C5CCC(O)Cc6cccc(c6)CC(C(CN=C(N)N)c6ccc(O)cc6)C(O)CNC6C(=O)NC(N)c7cccc(c76)CC(=O)C(C)=C5CCC4(C)O)C(O)C23)OCC#CCC(C)=CCC1O. The summed E-state index contributed by atoms with van der Waals surface area (Å²) in [5.41, 5.74) is 24.1. The number of hydrogen-bond acceptors (Lipinski definition) is 12. The van der Waals surface area contributed by atoms with Gasteiger partial charge < -0.3 is 57.9 Å². The van der Waals surface area contributed by atoms with Gasteiger partial charge in [-0.3, -0.25) is 19.9 Å². The van der Waals surface area contributed by atoms with E-state index in [1.54, 1.807) is 24.3 Å². The molecule has 3 aliphatic carbocycles. The van der Waals surface area contributed by atoms with Crippen LogP contribution in [0.15, 0.2) is 130 Å². The van der Waals surface area contributed by atoms with E-state index in [0.717, 1.165) is 46.3 Å². The lowest BCUT2D eigenvalue weighted by Gasteiger charge is -2.56. The minimum Gasteiger partial charge on any atom is -0.508 e. The second-order valence-electron chi connectivity index (χ2n) is 24.1. The van der Waals surface area contributed by atoms with E-state index in [1.807, 2.05) is 87.5 Å². The van der Waals surface area contributed by atoms with E-state index >= 15 is 4.79 Å². The van der Waals surface area contributed by atoms with Crippen LogP contribution in [0, 0.1) is 40.9 Å². The van der Waals surface area contributed by atoms with Crippen molar-refractivity contribution in [2.45, 2.75) is 158 Å². The van der Waals surface area contributed by atoms with E-state index in [-0.39, 0.29) is 62.1 Å². The maximum atomic E-state index is 15.3. The summed E-state index contributed by atoms with van der Waals surface area (Å²) >= 11 is 0. The Hall–Kier alpha value is -6.19. The minimum absolute atomic E-state index is 0.0599. The Balaban J connectivity index is 1.14. The highest BCUT2D eigenvalue weighted by molar-refractivity contribution is 5.98. The van der Waals surface area contributed by atoms with Gasteiger partial charge in [0.1, 0.15) is 24.6 Å². The van der Waals surface area contributed by atoms with Crippen LogP contribution in [0.5, 0.6) is 5.75 Å². The highest BCUT2D eigenvalue weighted by atomic mass is 16.5. The number of β-amino-alcohol motifs (C(OH)–C–C–N with tert-alkyl or cyclic N) is 1. The van der Waals surface area contributed by atoms with Gasteiger partial charge in [0.2, 0.25) is 5.91 Å². The van der Waals surface area contributed by atoms with E-state index in [4.69, 9.17) is 21.9 Å². The molecule has 0 radical (unpaired) electrons. The molecule has 6 aliphatic rings. The fourth-order valence-electron chi connectivity index (χ4n) is 14.7. The van der Waals surface area contributed by atoms with Crippen molar-refractivity contribution in [1.29, 1.82) is 0 Å². The molecule has 2 bridgehead atoms. The minimum atomic E-state index is -1.40. The number of phenols is 1. The molecule has 14 N–H and O–H groups in total. The second kappa shape index (κ2) is 25.5. The Bertz CT molecular complexity index is 3040. The van der Waals surface area contributed by atoms with Gasteiger partial charge in [0, 0.05) is 43.2 Å². The van der Waals surface area contributed by atoms with Gasteiger partial charge >= 0.3 is 0 Å². The summed E-state index contributed by atoms with van der Waals surface area (Å²) in [5, 5.41) is 79.1. The zero-order valence-corrected chi connectivity index (χ0v) is 47.2. The van der Waals surface area contributed by atoms with E-state index in [0.29, 0.717) is 85.6 Å². The predicted octanol–water partition coefficient (Wildman–Crippen LogP) is 6.37. The van der Waals surface area contributed by atoms with Gasteiger partial charge in [0.25, 0.3) is 0 Å². The monoisotopic (exact) mass is 1100 g/mol.